The lowest BCUT2D eigenvalue weighted by Crippen LogP contribution is -2.26. The smallest absolute Gasteiger partial charge is 0.271 e. The first kappa shape index (κ1) is 14.4. The van der Waals surface area contributed by atoms with Gasteiger partial charge in [0.05, 0.1) is 0 Å². The quantitative estimate of drug-likeness (QED) is 0.689. The second kappa shape index (κ2) is 6.30. The maximum absolute atomic E-state index is 11.3. The van der Waals surface area contributed by atoms with Gasteiger partial charge in [-0.15, -0.1) is 10.2 Å². The van der Waals surface area contributed by atoms with Gasteiger partial charge in [-0.3, -0.25) is 4.79 Å². The van der Waals surface area contributed by atoms with Gasteiger partial charge in [-0.05, 0) is 30.5 Å². The Balaban J connectivity index is 2.56. The Morgan fingerprint density at radius 2 is 2.11 bits per heavy atom. The molecule has 100 valence electrons. The minimum atomic E-state index is -0.238. The van der Waals surface area contributed by atoms with E-state index in [1.54, 1.807) is 19.2 Å². The molecular weight excluding hydrogens is 230 g/mol. The summed E-state index contributed by atoms with van der Waals surface area (Å²) in [7, 11) is 1.56. The maximum atomic E-state index is 11.3. The predicted molar refractivity (Wildman–Crippen MR) is 71.4 cm³/mol. The van der Waals surface area contributed by atoms with Crippen LogP contribution in [-0.2, 0) is 0 Å². The average molecular weight is 251 g/mol. The van der Waals surface area contributed by atoms with Gasteiger partial charge in [0.1, 0.15) is 5.82 Å². The Hall–Kier alpha value is -1.69. The number of nitrogens with one attached hydrogen (secondary N) is 2. The maximum Gasteiger partial charge on any atom is 0.271 e. The van der Waals surface area contributed by atoms with Crippen LogP contribution in [0.3, 0.4) is 0 Å². The number of nitrogens with zero attached hydrogens (tertiary/aromatic N) is 2. The van der Waals surface area contributed by atoms with Crippen molar-refractivity contribution in [3.63, 3.8) is 0 Å². The third-order valence-electron chi connectivity index (χ3n) is 2.69. The van der Waals surface area contributed by atoms with Crippen molar-refractivity contribution in [3.05, 3.63) is 17.8 Å². The number of aromatic nitrogens is 2. The second-order valence-electron chi connectivity index (χ2n) is 4.94. The van der Waals surface area contributed by atoms with Gasteiger partial charge in [0, 0.05) is 13.6 Å². The molecule has 0 aliphatic carbocycles. The fourth-order valence-corrected chi connectivity index (χ4v) is 1.48. The number of hydrogen-bond donors (Lipinski definition) is 3. The summed E-state index contributed by atoms with van der Waals surface area (Å²) in [5.41, 5.74) is 5.97. The topological polar surface area (TPSA) is 92.9 Å². The first-order chi connectivity index (χ1) is 8.48. The fraction of sp³-hybridized carbons (Fsp3) is 0.583. The molecule has 0 aromatic carbocycles. The van der Waals surface area contributed by atoms with Crippen molar-refractivity contribution >= 4 is 11.7 Å². The highest BCUT2D eigenvalue weighted by Crippen LogP contribution is 2.19. The number of hydrogen-bond acceptors (Lipinski definition) is 5. The largest absolute Gasteiger partial charge is 0.368 e. The number of carbonyl (C=O) groups excluding carboxylic acids is 1. The molecular formula is C12H21N5O. The molecule has 1 aromatic heterocycles. The average Bonchev–Trinajstić information content (AvgIpc) is 2.36. The van der Waals surface area contributed by atoms with Crippen molar-refractivity contribution in [1.82, 2.24) is 15.5 Å². The molecule has 1 rings (SSSR count). The molecule has 0 atom stereocenters. The van der Waals surface area contributed by atoms with Crippen molar-refractivity contribution in [3.8, 4) is 0 Å². The molecule has 0 spiro atoms. The minimum Gasteiger partial charge on any atom is -0.368 e. The van der Waals surface area contributed by atoms with Crippen LogP contribution in [0.5, 0.6) is 0 Å². The van der Waals surface area contributed by atoms with Crippen LogP contribution < -0.4 is 16.4 Å². The number of anilines is 1. The third kappa shape index (κ3) is 4.29. The van der Waals surface area contributed by atoms with Crippen LogP contribution in [0.15, 0.2) is 12.1 Å². The number of carbonyl (C=O) groups is 1. The summed E-state index contributed by atoms with van der Waals surface area (Å²) in [6, 6.07) is 3.39. The molecule has 0 saturated heterocycles. The molecule has 1 heterocycles. The minimum absolute atomic E-state index is 0.107. The Morgan fingerprint density at radius 3 is 2.61 bits per heavy atom. The van der Waals surface area contributed by atoms with Gasteiger partial charge in [0.15, 0.2) is 5.69 Å². The van der Waals surface area contributed by atoms with Gasteiger partial charge in [-0.1, -0.05) is 13.8 Å². The lowest BCUT2D eigenvalue weighted by molar-refractivity contribution is 0.0957. The summed E-state index contributed by atoms with van der Waals surface area (Å²) in [4.78, 5) is 11.3. The molecule has 1 amide bonds. The zero-order valence-corrected chi connectivity index (χ0v) is 11.2. The number of amides is 1. The molecule has 0 aliphatic heterocycles. The molecule has 18 heavy (non-hydrogen) atoms. The zero-order chi connectivity index (χ0) is 13.6. The summed E-state index contributed by atoms with van der Waals surface area (Å²) >= 11 is 0. The van der Waals surface area contributed by atoms with E-state index in [4.69, 9.17) is 5.73 Å². The molecule has 0 saturated carbocycles. The monoisotopic (exact) mass is 251 g/mol. The Kier molecular flexibility index (Phi) is 5.03. The van der Waals surface area contributed by atoms with E-state index in [1.807, 2.05) is 0 Å². The van der Waals surface area contributed by atoms with E-state index >= 15 is 0 Å². The highest BCUT2D eigenvalue weighted by molar-refractivity contribution is 5.91. The molecule has 0 fully saturated rings. The number of nitrogens with two attached hydrogens (primary N) is 1. The van der Waals surface area contributed by atoms with Gasteiger partial charge in [-0.2, -0.15) is 0 Å². The third-order valence-corrected chi connectivity index (χ3v) is 2.69. The van der Waals surface area contributed by atoms with Crippen molar-refractivity contribution < 1.29 is 4.79 Å². The molecule has 4 N–H and O–H groups in total. The van der Waals surface area contributed by atoms with Crippen molar-refractivity contribution in [2.45, 2.75) is 20.3 Å². The van der Waals surface area contributed by atoms with Gasteiger partial charge in [0.2, 0.25) is 0 Å². The summed E-state index contributed by atoms with van der Waals surface area (Å²) in [6.07, 6.45) is 0.934. The normalized spacial score (nSPS) is 11.1. The van der Waals surface area contributed by atoms with Crippen LogP contribution >= 0.6 is 0 Å². The summed E-state index contributed by atoms with van der Waals surface area (Å²) < 4.78 is 0. The van der Waals surface area contributed by atoms with E-state index in [2.05, 4.69) is 34.7 Å². The van der Waals surface area contributed by atoms with Crippen molar-refractivity contribution in [1.29, 1.82) is 0 Å². The van der Waals surface area contributed by atoms with E-state index in [0.29, 0.717) is 18.1 Å². The molecule has 6 nitrogen and oxygen atoms in total. The first-order valence-electron chi connectivity index (χ1n) is 5.98. The van der Waals surface area contributed by atoms with E-state index in [0.717, 1.165) is 13.0 Å². The summed E-state index contributed by atoms with van der Waals surface area (Å²) in [5.74, 6) is 0.422. The lowest BCUT2D eigenvalue weighted by Gasteiger charge is -2.24. The molecule has 1 aromatic rings. The Morgan fingerprint density at radius 1 is 1.39 bits per heavy atom. The predicted octanol–water partition coefficient (Wildman–Crippen LogP) is 0.623. The standard InChI is InChI=1S/C12H21N5O/c1-12(2,6-7-13)8-15-10-5-4-9(16-17-10)11(18)14-3/h4-5H,6-8,13H2,1-3H3,(H,14,18)(H,15,17). The molecule has 6 heteroatoms. The first-order valence-corrected chi connectivity index (χ1v) is 5.98. The lowest BCUT2D eigenvalue weighted by atomic mass is 9.89. The van der Waals surface area contributed by atoms with Crippen LogP contribution in [-0.4, -0.2) is 36.2 Å². The van der Waals surface area contributed by atoms with Gasteiger partial charge in [0.25, 0.3) is 5.91 Å². The van der Waals surface area contributed by atoms with E-state index in [9.17, 15) is 4.79 Å². The van der Waals surface area contributed by atoms with Crippen LogP contribution in [0.25, 0.3) is 0 Å². The highest BCUT2D eigenvalue weighted by Gasteiger charge is 2.16. The molecule has 0 bridgehead atoms. The molecule has 0 unspecified atom stereocenters. The van der Waals surface area contributed by atoms with Gasteiger partial charge < -0.3 is 16.4 Å². The van der Waals surface area contributed by atoms with E-state index in [1.165, 1.54) is 0 Å². The van der Waals surface area contributed by atoms with Crippen LogP contribution in [0.4, 0.5) is 5.82 Å². The van der Waals surface area contributed by atoms with Gasteiger partial charge >= 0.3 is 0 Å². The highest BCUT2D eigenvalue weighted by atomic mass is 16.1. The Bertz CT molecular complexity index is 388. The van der Waals surface area contributed by atoms with Crippen molar-refractivity contribution in [2.24, 2.45) is 11.1 Å². The summed E-state index contributed by atoms with van der Waals surface area (Å²) in [5, 5.41) is 13.5. The SMILES string of the molecule is CNC(=O)c1ccc(NCC(C)(C)CCN)nn1. The van der Waals surface area contributed by atoms with E-state index < -0.39 is 0 Å². The number of rotatable bonds is 6. The van der Waals surface area contributed by atoms with Gasteiger partial charge in [-0.25, -0.2) is 0 Å². The fourth-order valence-electron chi connectivity index (χ4n) is 1.48. The zero-order valence-electron chi connectivity index (χ0n) is 11.2. The summed E-state index contributed by atoms with van der Waals surface area (Å²) in [6.45, 7) is 5.70. The van der Waals surface area contributed by atoms with Crippen LogP contribution in [0.1, 0.15) is 30.8 Å². The van der Waals surface area contributed by atoms with Crippen LogP contribution in [0, 0.1) is 5.41 Å². The Labute approximate surface area is 107 Å². The van der Waals surface area contributed by atoms with E-state index in [-0.39, 0.29) is 11.3 Å². The second-order valence-corrected chi connectivity index (χ2v) is 4.94. The van der Waals surface area contributed by atoms with Crippen LogP contribution in [0.2, 0.25) is 0 Å². The molecule has 0 aliphatic rings. The molecule has 0 radical (unpaired) electrons. The van der Waals surface area contributed by atoms with Crippen molar-refractivity contribution in [2.75, 3.05) is 25.5 Å².